The number of aliphatic hydroxyl groups is 1. The average Bonchev–Trinajstić information content (AvgIpc) is 3.62. The van der Waals surface area contributed by atoms with Gasteiger partial charge in [0.2, 0.25) is 0 Å². The van der Waals surface area contributed by atoms with Crippen molar-refractivity contribution in [2.24, 2.45) is 13.0 Å². The summed E-state index contributed by atoms with van der Waals surface area (Å²) in [6, 6.07) is 9.61. The molecule has 56 heavy (non-hydrogen) atoms. The second kappa shape index (κ2) is 14.0. The molecule has 294 valence electrons. The van der Waals surface area contributed by atoms with Gasteiger partial charge in [-0.25, -0.2) is 22.2 Å². The van der Waals surface area contributed by atoms with E-state index < -0.39 is 57.2 Å². The maximum atomic E-state index is 15.6. The number of hydrogen-bond donors (Lipinski definition) is 1. The van der Waals surface area contributed by atoms with Crippen molar-refractivity contribution in [2.75, 3.05) is 25.3 Å². The molecule has 2 aliphatic carbocycles. The third-order valence-electron chi connectivity index (χ3n) is 10.0. The largest absolute Gasteiger partial charge is 0.378 e. The van der Waals surface area contributed by atoms with Crippen molar-refractivity contribution in [1.29, 1.82) is 0 Å². The van der Waals surface area contributed by atoms with Crippen LogP contribution in [0.1, 0.15) is 72.4 Å². The van der Waals surface area contributed by atoms with Gasteiger partial charge in [-0.1, -0.05) is 23.6 Å². The Labute approximate surface area is 326 Å². The SMILES string of the molecule is CN(C)c1nn(CC(=O)C[C@@H](Cc2cc(F)cc(F)c2)c2nc(C#CC(C)(C)O)ccc2-c2ccc(Cl)c3c(CS(C)(=O)=O)nn(C)c23)c2c1[C@H]1C[C@H]1C2(F)F. The molecule has 10 nitrogen and oxygen atoms in total. The van der Waals surface area contributed by atoms with Crippen molar-refractivity contribution >= 4 is 43.9 Å². The van der Waals surface area contributed by atoms with Crippen molar-refractivity contribution < 1.29 is 35.9 Å². The molecule has 16 heteroatoms. The van der Waals surface area contributed by atoms with E-state index in [9.17, 15) is 27.1 Å². The fourth-order valence-electron chi connectivity index (χ4n) is 7.80. The number of ketones is 1. The zero-order chi connectivity index (χ0) is 40.6. The Bertz CT molecular complexity index is 2580. The number of hydrogen-bond acceptors (Lipinski definition) is 8. The Morgan fingerprint density at radius 3 is 2.43 bits per heavy atom. The van der Waals surface area contributed by atoms with Crippen LogP contribution in [0.2, 0.25) is 5.02 Å². The van der Waals surface area contributed by atoms with Crippen molar-refractivity contribution in [1.82, 2.24) is 24.5 Å². The minimum Gasteiger partial charge on any atom is -0.378 e. The number of benzene rings is 2. The van der Waals surface area contributed by atoms with E-state index in [4.69, 9.17) is 16.6 Å². The number of aryl methyl sites for hydroxylation is 1. The number of Topliss-reactive ketones (excluding diaryl/α,β-unsaturated/α-hetero) is 1. The van der Waals surface area contributed by atoms with Crippen LogP contribution in [0.3, 0.4) is 0 Å². The van der Waals surface area contributed by atoms with Crippen LogP contribution in [0.15, 0.2) is 42.5 Å². The number of sulfone groups is 1. The van der Waals surface area contributed by atoms with E-state index in [1.807, 2.05) is 0 Å². The van der Waals surface area contributed by atoms with E-state index >= 15 is 8.78 Å². The topological polar surface area (TPSA) is 123 Å². The molecule has 3 heterocycles. The second-order valence-corrected chi connectivity index (χ2v) is 18.1. The third-order valence-corrected chi connectivity index (χ3v) is 11.2. The number of alkyl halides is 2. The van der Waals surface area contributed by atoms with Crippen molar-refractivity contribution in [3.63, 3.8) is 0 Å². The van der Waals surface area contributed by atoms with Gasteiger partial charge < -0.3 is 10.0 Å². The summed E-state index contributed by atoms with van der Waals surface area (Å²) in [5.74, 6) is -1.84. The zero-order valence-corrected chi connectivity index (χ0v) is 33.0. The van der Waals surface area contributed by atoms with Crippen LogP contribution in [0, 0.1) is 29.4 Å². The molecule has 0 unspecified atom stereocenters. The molecule has 2 aromatic carbocycles. The van der Waals surface area contributed by atoms with Crippen LogP contribution in [-0.4, -0.2) is 69.8 Å². The van der Waals surface area contributed by atoms with Gasteiger partial charge in [-0.05, 0) is 74.4 Å². The Morgan fingerprint density at radius 1 is 1.11 bits per heavy atom. The highest BCUT2D eigenvalue weighted by molar-refractivity contribution is 7.89. The highest BCUT2D eigenvalue weighted by Gasteiger charge is 2.67. The number of carbonyl (C=O) groups is 1. The summed E-state index contributed by atoms with van der Waals surface area (Å²) in [4.78, 5) is 20.7. The molecule has 0 aliphatic heterocycles. The lowest BCUT2D eigenvalue weighted by Gasteiger charge is -2.22. The fourth-order valence-corrected chi connectivity index (χ4v) is 8.76. The number of anilines is 1. The van der Waals surface area contributed by atoms with Gasteiger partial charge in [-0.2, -0.15) is 19.0 Å². The lowest BCUT2D eigenvalue weighted by Crippen LogP contribution is -2.24. The Morgan fingerprint density at radius 2 is 1.79 bits per heavy atom. The molecule has 0 saturated heterocycles. The molecule has 7 rings (SSSR count). The van der Waals surface area contributed by atoms with Crippen molar-refractivity contribution in [3.8, 4) is 23.0 Å². The summed E-state index contributed by atoms with van der Waals surface area (Å²) in [7, 11) is 1.51. The maximum absolute atomic E-state index is 15.6. The van der Waals surface area contributed by atoms with Crippen LogP contribution >= 0.6 is 11.6 Å². The molecule has 3 atom stereocenters. The lowest BCUT2D eigenvalue weighted by molar-refractivity contribution is -0.120. The minimum atomic E-state index is -3.53. The second-order valence-electron chi connectivity index (χ2n) is 15.5. The van der Waals surface area contributed by atoms with E-state index in [-0.39, 0.29) is 57.9 Å². The molecular weight excluding hydrogens is 772 g/mol. The Balaban J connectivity index is 1.39. The molecule has 3 aromatic heterocycles. The maximum Gasteiger partial charge on any atom is 0.293 e. The van der Waals surface area contributed by atoms with Crippen molar-refractivity contribution in [3.05, 3.63) is 93.0 Å². The van der Waals surface area contributed by atoms with Crippen LogP contribution in [0.4, 0.5) is 23.4 Å². The Hall–Kier alpha value is -4.78. The van der Waals surface area contributed by atoms with Gasteiger partial charge in [0.25, 0.3) is 5.92 Å². The summed E-state index contributed by atoms with van der Waals surface area (Å²) < 4.78 is 87.8. The fraction of sp³-hybridized carbons (Fsp3) is 0.400. The molecule has 0 spiro atoms. The van der Waals surface area contributed by atoms with Gasteiger partial charge in [0.05, 0.1) is 27.7 Å². The molecule has 1 fully saturated rings. The molecule has 0 radical (unpaired) electrons. The van der Waals surface area contributed by atoms with Gasteiger partial charge >= 0.3 is 0 Å². The van der Waals surface area contributed by atoms with Crippen LogP contribution < -0.4 is 4.90 Å². The number of fused-ring (bicyclic) bond motifs is 4. The van der Waals surface area contributed by atoms with Gasteiger partial charge in [-0.3, -0.25) is 14.2 Å². The van der Waals surface area contributed by atoms with E-state index in [0.29, 0.717) is 39.8 Å². The summed E-state index contributed by atoms with van der Waals surface area (Å²) in [5.41, 5.74) is 1.11. The molecule has 0 amide bonds. The summed E-state index contributed by atoms with van der Waals surface area (Å²) in [6.07, 6.45) is 1.01. The zero-order valence-electron chi connectivity index (χ0n) is 31.5. The van der Waals surface area contributed by atoms with Crippen LogP contribution in [0.25, 0.3) is 22.0 Å². The summed E-state index contributed by atoms with van der Waals surface area (Å²) in [6.45, 7) is 2.50. The standard InChI is InChI=1S/C40H39ClF4N6O4S/c1-39(2,53)12-11-25-7-8-27(28-9-10-31(41)34-32(20-56(6,54)55)47-50(5)36(28)34)35(46-25)22(13-21-14-23(42)17-24(43)15-21)16-26(52)19-51-37-33(38(48-51)49(3)4)29-18-30(29)40(37,44)45/h7-10,14-15,17,22,29-30,53H,13,16,18-20H2,1-6H3/t22-,29+,30-/m1/s1. The first-order valence-corrected chi connectivity index (χ1v) is 20.3. The van der Waals surface area contributed by atoms with Gasteiger partial charge in [0.15, 0.2) is 21.4 Å². The number of carbonyl (C=O) groups excluding carboxylic acids is 1. The smallest absolute Gasteiger partial charge is 0.293 e. The number of pyridine rings is 1. The van der Waals surface area contributed by atoms with E-state index in [0.717, 1.165) is 29.1 Å². The predicted molar refractivity (Wildman–Crippen MR) is 204 cm³/mol. The summed E-state index contributed by atoms with van der Waals surface area (Å²) in [5, 5.41) is 19.9. The average molecular weight is 811 g/mol. The van der Waals surface area contributed by atoms with Gasteiger partial charge in [0, 0.05) is 73.8 Å². The quantitative estimate of drug-likeness (QED) is 0.116. The lowest BCUT2D eigenvalue weighted by atomic mass is 9.86. The molecule has 2 aliphatic rings. The van der Waals surface area contributed by atoms with Gasteiger partial charge in [0.1, 0.15) is 35.2 Å². The molecular formula is C40H39ClF4N6O4S. The number of rotatable bonds is 11. The Kier molecular flexibility index (Phi) is 9.86. The normalized spacial score (nSPS) is 17.6. The molecule has 5 aromatic rings. The first-order chi connectivity index (χ1) is 26.1. The van der Waals surface area contributed by atoms with E-state index in [2.05, 4.69) is 22.0 Å². The van der Waals surface area contributed by atoms with Gasteiger partial charge in [-0.15, -0.1) is 0 Å². The molecule has 1 N–H and O–H groups in total. The van der Waals surface area contributed by atoms with Crippen LogP contribution in [0.5, 0.6) is 0 Å². The summed E-state index contributed by atoms with van der Waals surface area (Å²) >= 11 is 6.67. The molecule has 0 bridgehead atoms. The third kappa shape index (κ3) is 7.66. The number of aromatic nitrogens is 5. The van der Waals surface area contributed by atoms with E-state index in [1.54, 1.807) is 50.3 Å². The highest BCUT2D eigenvalue weighted by atomic mass is 35.5. The minimum absolute atomic E-state index is 0.106. The monoisotopic (exact) mass is 810 g/mol. The van der Waals surface area contributed by atoms with Crippen LogP contribution in [-0.2, 0) is 46.3 Å². The first-order valence-electron chi connectivity index (χ1n) is 17.8. The van der Waals surface area contributed by atoms with Crippen molar-refractivity contribution in [2.45, 2.75) is 68.8 Å². The number of nitrogens with zero attached hydrogens (tertiary/aromatic N) is 6. The van der Waals surface area contributed by atoms with E-state index in [1.165, 1.54) is 18.5 Å². The first kappa shape index (κ1) is 39.5. The highest BCUT2D eigenvalue weighted by Crippen LogP contribution is 2.68. The number of halogens is 5. The molecule has 1 saturated carbocycles. The predicted octanol–water partition coefficient (Wildman–Crippen LogP) is 6.69.